The van der Waals surface area contributed by atoms with Crippen molar-refractivity contribution >= 4 is 59.1 Å². The number of rotatable bonds is 20. The fraction of sp³-hybridized carbons (Fsp3) is 0.310. The highest BCUT2D eigenvalue weighted by atomic mass is 16.6. The van der Waals surface area contributed by atoms with Crippen LogP contribution in [0.5, 0.6) is 0 Å². The van der Waals surface area contributed by atoms with Crippen molar-refractivity contribution in [3.8, 4) is 0 Å². The molecule has 18 heteroatoms. The number of hydrogen-bond acceptors (Lipinski definition) is 14. The van der Waals surface area contributed by atoms with Crippen LogP contribution in [0.15, 0.2) is 48.5 Å². The van der Waals surface area contributed by atoms with Gasteiger partial charge in [-0.25, -0.2) is 19.2 Å². The summed E-state index contributed by atoms with van der Waals surface area (Å²) in [6.45, 7) is -4.20. The second kappa shape index (κ2) is 18.6. The highest BCUT2D eigenvalue weighted by molar-refractivity contribution is 5.92. The molecule has 2 rings (SSSR count). The molecule has 0 amide bonds. The molecule has 0 heterocycles. The van der Waals surface area contributed by atoms with Gasteiger partial charge in [-0.2, -0.15) is 0 Å². The van der Waals surface area contributed by atoms with Gasteiger partial charge in [-0.05, 0) is 48.5 Å². The Bertz CT molecular complexity index is 1310. The summed E-state index contributed by atoms with van der Waals surface area (Å²) in [4.78, 5) is 94.1. The highest BCUT2D eigenvalue weighted by Gasteiger charge is 2.18. The highest BCUT2D eigenvalue weighted by Crippen LogP contribution is 2.17. The molecule has 0 unspecified atom stereocenters. The first-order valence-electron chi connectivity index (χ1n) is 13.5. The van der Waals surface area contributed by atoms with Gasteiger partial charge in [0, 0.05) is 17.8 Å². The molecule has 2 aromatic rings. The molecule has 4 N–H and O–H groups in total. The van der Waals surface area contributed by atoms with E-state index in [1.165, 1.54) is 48.5 Å². The van der Waals surface area contributed by atoms with E-state index in [0.29, 0.717) is 0 Å². The number of carbonyl (C=O) groups is 8. The topological polar surface area (TPSA) is 261 Å². The van der Waals surface area contributed by atoms with Crippen LogP contribution >= 0.6 is 0 Å². The van der Waals surface area contributed by atoms with Crippen LogP contribution in [0.3, 0.4) is 0 Å². The Kier molecular flexibility index (Phi) is 14.6. The van der Waals surface area contributed by atoms with E-state index in [9.17, 15) is 38.4 Å². The molecule has 18 nitrogen and oxygen atoms in total. The standard InChI is InChI=1S/C29H30N2O16/c32-22(33)12-30(13-23(34)35)20-6-2-18(3-7-20)28(42)46-16-26(40)44-10-1-11-45-27(41)17-47-29(43)19-4-8-21(9-5-19)31(14-24(36)37)15-25(38)39/h2-9H,1,10-17H2,(H,32,33)(H,34,35)(H,36,37)(H,38,39). The number of hydrogen-bond donors (Lipinski definition) is 4. The number of esters is 4. The summed E-state index contributed by atoms with van der Waals surface area (Å²) in [5.41, 5.74) is 0.487. The summed E-state index contributed by atoms with van der Waals surface area (Å²) < 4.78 is 19.5. The predicted molar refractivity (Wildman–Crippen MR) is 155 cm³/mol. The predicted octanol–water partition coefficient (Wildman–Crippen LogP) is 0.128. The van der Waals surface area contributed by atoms with Crippen LogP contribution < -0.4 is 9.80 Å². The largest absolute Gasteiger partial charge is 0.480 e. The molecule has 0 spiro atoms. The van der Waals surface area contributed by atoms with Gasteiger partial charge in [0.15, 0.2) is 13.2 Å². The van der Waals surface area contributed by atoms with Crippen LogP contribution in [-0.4, -0.2) is 121 Å². The van der Waals surface area contributed by atoms with Gasteiger partial charge >= 0.3 is 47.8 Å². The van der Waals surface area contributed by atoms with Gasteiger partial charge in [0.05, 0.1) is 24.3 Å². The van der Waals surface area contributed by atoms with Crippen molar-refractivity contribution in [1.29, 1.82) is 0 Å². The third kappa shape index (κ3) is 14.0. The number of carbonyl (C=O) groups excluding carboxylic acids is 4. The summed E-state index contributed by atoms with van der Waals surface area (Å²) >= 11 is 0. The molecule has 0 fully saturated rings. The average molecular weight is 663 g/mol. The molecule has 252 valence electrons. The van der Waals surface area contributed by atoms with E-state index in [0.717, 1.165) is 9.80 Å². The second-order valence-electron chi connectivity index (χ2n) is 9.33. The van der Waals surface area contributed by atoms with E-state index in [1.807, 2.05) is 0 Å². The maximum absolute atomic E-state index is 12.2. The fourth-order valence-electron chi connectivity index (χ4n) is 3.68. The number of carboxylic acids is 4. The number of anilines is 2. The molecule has 0 radical (unpaired) electrons. The second-order valence-corrected chi connectivity index (χ2v) is 9.33. The van der Waals surface area contributed by atoms with Crippen molar-refractivity contribution in [2.75, 3.05) is 62.4 Å². The quantitative estimate of drug-likeness (QED) is 0.0834. The molecule has 0 atom stereocenters. The van der Waals surface area contributed by atoms with Crippen molar-refractivity contribution in [2.24, 2.45) is 0 Å². The van der Waals surface area contributed by atoms with Crippen LogP contribution in [0.1, 0.15) is 27.1 Å². The molecule has 0 aliphatic heterocycles. The molecule has 0 aliphatic rings. The molecule has 0 bridgehead atoms. The molecule has 0 saturated heterocycles. The van der Waals surface area contributed by atoms with Crippen LogP contribution in [-0.2, 0) is 47.7 Å². The zero-order valence-electron chi connectivity index (χ0n) is 24.6. The van der Waals surface area contributed by atoms with Crippen LogP contribution in [0.25, 0.3) is 0 Å². The maximum atomic E-state index is 12.2. The average Bonchev–Trinajstić information content (AvgIpc) is 3.01. The Morgan fingerprint density at radius 3 is 1.04 bits per heavy atom. The first-order chi connectivity index (χ1) is 22.2. The van der Waals surface area contributed by atoms with Crippen molar-refractivity contribution in [1.82, 2.24) is 0 Å². The number of benzene rings is 2. The summed E-state index contributed by atoms with van der Waals surface area (Å²) in [6, 6.07) is 10.4. The third-order valence-corrected chi connectivity index (χ3v) is 5.70. The molecule has 0 aliphatic carbocycles. The lowest BCUT2D eigenvalue weighted by molar-refractivity contribution is -0.150. The number of nitrogens with zero attached hydrogens (tertiary/aromatic N) is 2. The van der Waals surface area contributed by atoms with Gasteiger partial charge in [-0.3, -0.25) is 19.2 Å². The van der Waals surface area contributed by atoms with Crippen LogP contribution in [0.4, 0.5) is 11.4 Å². The Labute approximate surface area is 265 Å². The van der Waals surface area contributed by atoms with Gasteiger partial charge in [-0.15, -0.1) is 0 Å². The third-order valence-electron chi connectivity index (χ3n) is 5.70. The maximum Gasteiger partial charge on any atom is 0.344 e. The van der Waals surface area contributed by atoms with E-state index >= 15 is 0 Å². The number of ether oxygens (including phenoxy) is 4. The summed E-state index contributed by atoms with van der Waals surface area (Å²) in [5.74, 6) is -8.59. The fourth-order valence-corrected chi connectivity index (χ4v) is 3.68. The lowest BCUT2D eigenvalue weighted by atomic mass is 10.2. The summed E-state index contributed by atoms with van der Waals surface area (Å²) in [5, 5.41) is 35.8. The zero-order valence-corrected chi connectivity index (χ0v) is 24.6. The van der Waals surface area contributed by atoms with E-state index in [-0.39, 0.29) is 42.1 Å². The minimum Gasteiger partial charge on any atom is -0.480 e. The van der Waals surface area contributed by atoms with Crippen LogP contribution in [0, 0.1) is 0 Å². The monoisotopic (exact) mass is 662 g/mol. The SMILES string of the molecule is O=C(O)CN(CC(=O)O)c1ccc(C(=O)OCC(=O)OCCCOC(=O)COC(=O)c2ccc(N(CC(=O)O)CC(=O)O)cc2)cc1. The molecule has 47 heavy (non-hydrogen) atoms. The molecular formula is C29H30N2O16. The van der Waals surface area contributed by atoms with E-state index < -0.39 is 87.1 Å². The van der Waals surface area contributed by atoms with Crippen LogP contribution in [0.2, 0.25) is 0 Å². The van der Waals surface area contributed by atoms with Gasteiger partial charge in [0.25, 0.3) is 0 Å². The molecular weight excluding hydrogens is 632 g/mol. The van der Waals surface area contributed by atoms with E-state index in [1.54, 1.807) is 0 Å². The summed E-state index contributed by atoms with van der Waals surface area (Å²) in [7, 11) is 0. The Hall–Kier alpha value is -6.20. The Morgan fingerprint density at radius 1 is 0.468 bits per heavy atom. The van der Waals surface area contributed by atoms with Crippen molar-refractivity contribution in [3.05, 3.63) is 59.7 Å². The number of aliphatic carboxylic acids is 4. The smallest absolute Gasteiger partial charge is 0.344 e. The van der Waals surface area contributed by atoms with Crippen molar-refractivity contribution in [3.63, 3.8) is 0 Å². The minimum absolute atomic E-state index is 0.00917. The molecule has 2 aromatic carbocycles. The Morgan fingerprint density at radius 2 is 0.766 bits per heavy atom. The minimum atomic E-state index is -1.25. The van der Waals surface area contributed by atoms with E-state index in [2.05, 4.69) is 0 Å². The first-order valence-corrected chi connectivity index (χ1v) is 13.5. The van der Waals surface area contributed by atoms with Gasteiger partial charge in [0.2, 0.25) is 0 Å². The van der Waals surface area contributed by atoms with Gasteiger partial charge < -0.3 is 49.2 Å². The Balaban J connectivity index is 1.67. The van der Waals surface area contributed by atoms with Crippen molar-refractivity contribution in [2.45, 2.75) is 6.42 Å². The van der Waals surface area contributed by atoms with E-state index in [4.69, 9.17) is 39.4 Å². The van der Waals surface area contributed by atoms with Gasteiger partial charge in [-0.1, -0.05) is 0 Å². The number of carboxylic acid groups (broad SMARTS) is 4. The lowest BCUT2D eigenvalue weighted by Gasteiger charge is -2.20. The molecule has 0 aromatic heterocycles. The summed E-state index contributed by atoms with van der Waals surface area (Å²) in [6.07, 6.45) is 0.0642. The van der Waals surface area contributed by atoms with Gasteiger partial charge in [0.1, 0.15) is 26.2 Å². The molecule has 0 saturated carbocycles. The lowest BCUT2D eigenvalue weighted by Crippen LogP contribution is -2.34. The first kappa shape index (κ1) is 37.0. The zero-order chi connectivity index (χ0) is 34.9. The normalized spacial score (nSPS) is 10.2. The van der Waals surface area contributed by atoms with Crippen molar-refractivity contribution < 1.29 is 77.7 Å².